The van der Waals surface area contributed by atoms with E-state index in [2.05, 4.69) is 25.2 Å². The summed E-state index contributed by atoms with van der Waals surface area (Å²) in [5.41, 5.74) is 0. The molecule has 0 aliphatic carbocycles. The van der Waals surface area contributed by atoms with E-state index < -0.39 is 12.0 Å². The predicted octanol–water partition coefficient (Wildman–Crippen LogP) is 1.72. The van der Waals surface area contributed by atoms with Gasteiger partial charge in [0.25, 0.3) is 0 Å². The molecule has 1 aliphatic rings. The van der Waals surface area contributed by atoms with Gasteiger partial charge in [-0.2, -0.15) is 0 Å². The van der Waals surface area contributed by atoms with Crippen LogP contribution in [0.15, 0.2) is 17.5 Å². The number of carbonyl (C=O) groups is 2. The maximum absolute atomic E-state index is 12.0. The van der Waals surface area contributed by atoms with Crippen molar-refractivity contribution in [2.24, 2.45) is 5.92 Å². The molecule has 0 spiro atoms. The monoisotopic (exact) mass is 296 g/mol. The Morgan fingerprint density at radius 3 is 2.90 bits per heavy atom. The smallest absolute Gasteiger partial charge is 0.305 e. The Labute approximate surface area is 122 Å². The number of hydrogen-bond donors (Lipinski definition) is 2. The van der Waals surface area contributed by atoms with E-state index in [1.165, 1.54) is 4.88 Å². The van der Waals surface area contributed by atoms with E-state index in [-0.39, 0.29) is 18.4 Å². The Bertz CT molecular complexity index is 473. The van der Waals surface area contributed by atoms with Gasteiger partial charge in [-0.3, -0.25) is 14.5 Å². The fraction of sp³-hybridized carbons (Fsp3) is 0.571. The molecule has 2 N–H and O–H groups in total. The first-order valence-corrected chi connectivity index (χ1v) is 7.67. The maximum Gasteiger partial charge on any atom is 0.305 e. The predicted molar refractivity (Wildman–Crippen MR) is 77.7 cm³/mol. The molecular formula is C14H20N2O3S. The summed E-state index contributed by atoms with van der Waals surface area (Å²) in [7, 11) is 0. The van der Waals surface area contributed by atoms with Gasteiger partial charge in [0.15, 0.2) is 0 Å². The molecule has 1 aliphatic heterocycles. The second kappa shape index (κ2) is 6.37. The van der Waals surface area contributed by atoms with Crippen molar-refractivity contribution in [3.63, 3.8) is 0 Å². The second-order valence-electron chi connectivity index (χ2n) is 5.35. The Kier molecular flexibility index (Phi) is 4.77. The molecule has 1 saturated heterocycles. The van der Waals surface area contributed by atoms with Crippen LogP contribution >= 0.6 is 11.3 Å². The van der Waals surface area contributed by atoms with Crippen LogP contribution in [-0.4, -0.2) is 41.0 Å². The highest BCUT2D eigenvalue weighted by molar-refractivity contribution is 7.10. The minimum Gasteiger partial charge on any atom is -0.481 e. The quantitative estimate of drug-likeness (QED) is 0.868. The zero-order valence-corrected chi connectivity index (χ0v) is 12.5. The molecule has 5 nitrogen and oxygen atoms in total. The largest absolute Gasteiger partial charge is 0.481 e. The van der Waals surface area contributed by atoms with Gasteiger partial charge in [0.1, 0.15) is 6.04 Å². The molecule has 2 atom stereocenters. The molecule has 2 heterocycles. The van der Waals surface area contributed by atoms with Gasteiger partial charge in [0.05, 0.1) is 6.42 Å². The Morgan fingerprint density at radius 1 is 1.60 bits per heavy atom. The molecule has 2 rings (SSSR count). The van der Waals surface area contributed by atoms with Crippen molar-refractivity contribution < 1.29 is 14.7 Å². The average Bonchev–Trinajstić information content (AvgIpc) is 2.86. The number of hydrogen-bond acceptors (Lipinski definition) is 4. The standard InChI is InChI=1S/C14H20N2O3S/c1-9(2)13(11-4-3-7-20-11)16-6-5-15-14(19)10(16)8-12(17)18/h3-4,7,9-10,13H,5-6,8H2,1-2H3,(H,15,19)(H,17,18). The SMILES string of the molecule is CC(C)C(c1cccs1)N1CCNC(=O)C1CC(=O)O. The molecule has 110 valence electrons. The molecule has 20 heavy (non-hydrogen) atoms. The Hall–Kier alpha value is -1.40. The first-order valence-electron chi connectivity index (χ1n) is 6.79. The van der Waals surface area contributed by atoms with E-state index in [0.717, 1.165) is 0 Å². The molecule has 6 heteroatoms. The van der Waals surface area contributed by atoms with E-state index in [4.69, 9.17) is 5.11 Å². The molecule has 1 aromatic heterocycles. The third-order valence-electron chi connectivity index (χ3n) is 3.56. The van der Waals surface area contributed by atoms with E-state index in [9.17, 15) is 9.59 Å². The van der Waals surface area contributed by atoms with Gasteiger partial charge in [-0.25, -0.2) is 0 Å². The normalized spacial score (nSPS) is 21.8. The highest BCUT2D eigenvalue weighted by Crippen LogP contribution is 2.34. The Morgan fingerprint density at radius 2 is 2.35 bits per heavy atom. The molecule has 1 fully saturated rings. The number of amides is 1. The molecule has 1 amide bonds. The lowest BCUT2D eigenvalue weighted by Gasteiger charge is -2.41. The van der Waals surface area contributed by atoms with Crippen LogP contribution in [0.25, 0.3) is 0 Å². The highest BCUT2D eigenvalue weighted by Gasteiger charge is 2.37. The third-order valence-corrected chi connectivity index (χ3v) is 4.51. The van der Waals surface area contributed by atoms with Crippen molar-refractivity contribution in [2.75, 3.05) is 13.1 Å². The minimum absolute atomic E-state index is 0.0883. The lowest BCUT2D eigenvalue weighted by atomic mass is 9.96. The summed E-state index contributed by atoms with van der Waals surface area (Å²) >= 11 is 1.65. The number of rotatable bonds is 5. The molecule has 2 unspecified atom stereocenters. The number of piperazine rings is 1. The van der Waals surface area contributed by atoms with Crippen LogP contribution in [0.4, 0.5) is 0 Å². The van der Waals surface area contributed by atoms with Gasteiger partial charge >= 0.3 is 5.97 Å². The first kappa shape index (κ1) is 15.0. The summed E-state index contributed by atoms with van der Waals surface area (Å²) in [6.07, 6.45) is -0.152. The topological polar surface area (TPSA) is 69.6 Å². The highest BCUT2D eigenvalue weighted by atomic mass is 32.1. The van der Waals surface area contributed by atoms with Gasteiger partial charge in [0, 0.05) is 24.0 Å². The van der Waals surface area contributed by atoms with Gasteiger partial charge < -0.3 is 10.4 Å². The van der Waals surface area contributed by atoms with Crippen LogP contribution in [0, 0.1) is 5.92 Å². The summed E-state index contributed by atoms with van der Waals surface area (Å²) in [6.45, 7) is 5.47. The number of nitrogens with zero attached hydrogens (tertiary/aromatic N) is 1. The van der Waals surface area contributed by atoms with Crippen LogP contribution < -0.4 is 5.32 Å². The van der Waals surface area contributed by atoms with Crippen LogP contribution in [0.1, 0.15) is 31.2 Å². The third kappa shape index (κ3) is 3.19. The molecule has 1 aromatic rings. The fourth-order valence-corrected chi connectivity index (χ4v) is 3.79. The van der Waals surface area contributed by atoms with E-state index in [1.54, 1.807) is 11.3 Å². The van der Waals surface area contributed by atoms with Crippen LogP contribution in [0.3, 0.4) is 0 Å². The van der Waals surface area contributed by atoms with Crippen molar-refractivity contribution in [1.82, 2.24) is 10.2 Å². The number of carboxylic acids is 1. The average molecular weight is 296 g/mol. The van der Waals surface area contributed by atoms with Crippen LogP contribution in [0.5, 0.6) is 0 Å². The van der Waals surface area contributed by atoms with Gasteiger partial charge in [-0.15, -0.1) is 11.3 Å². The van der Waals surface area contributed by atoms with Gasteiger partial charge in [-0.05, 0) is 17.4 Å². The molecular weight excluding hydrogens is 276 g/mol. The van der Waals surface area contributed by atoms with Crippen molar-refractivity contribution in [2.45, 2.75) is 32.4 Å². The zero-order valence-electron chi connectivity index (χ0n) is 11.7. The maximum atomic E-state index is 12.0. The summed E-state index contributed by atoms with van der Waals surface area (Å²) in [5.74, 6) is -0.803. The summed E-state index contributed by atoms with van der Waals surface area (Å²) in [4.78, 5) is 26.3. The lowest BCUT2D eigenvalue weighted by molar-refractivity contribution is -0.144. The van der Waals surface area contributed by atoms with E-state index >= 15 is 0 Å². The molecule has 0 radical (unpaired) electrons. The van der Waals surface area contributed by atoms with Crippen molar-refractivity contribution in [3.8, 4) is 0 Å². The van der Waals surface area contributed by atoms with Gasteiger partial charge in [0.2, 0.25) is 5.91 Å². The summed E-state index contributed by atoms with van der Waals surface area (Å²) < 4.78 is 0. The number of carbonyl (C=O) groups excluding carboxylic acids is 1. The van der Waals surface area contributed by atoms with Crippen molar-refractivity contribution in [1.29, 1.82) is 0 Å². The van der Waals surface area contributed by atoms with Crippen LogP contribution in [-0.2, 0) is 9.59 Å². The summed E-state index contributed by atoms with van der Waals surface area (Å²) in [6, 6.07) is 3.55. The lowest BCUT2D eigenvalue weighted by Crippen LogP contribution is -2.57. The van der Waals surface area contributed by atoms with Crippen molar-refractivity contribution >= 4 is 23.2 Å². The molecule has 0 aromatic carbocycles. The minimum atomic E-state index is -0.939. The van der Waals surface area contributed by atoms with Gasteiger partial charge in [-0.1, -0.05) is 19.9 Å². The van der Waals surface area contributed by atoms with Crippen LogP contribution in [0.2, 0.25) is 0 Å². The number of carboxylic acid groups (broad SMARTS) is 1. The Balaban J connectivity index is 2.29. The number of nitrogens with one attached hydrogen (secondary N) is 1. The van der Waals surface area contributed by atoms with E-state index in [0.29, 0.717) is 19.0 Å². The zero-order chi connectivity index (χ0) is 14.7. The number of thiophene rings is 1. The molecule has 0 bridgehead atoms. The van der Waals surface area contributed by atoms with E-state index in [1.807, 2.05) is 16.3 Å². The fourth-order valence-electron chi connectivity index (χ4n) is 2.78. The molecule has 0 saturated carbocycles. The first-order chi connectivity index (χ1) is 9.50. The van der Waals surface area contributed by atoms with Crippen molar-refractivity contribution in [3.05, 3.63) is 22.4 Å². The summed E-state index contributed by atoms with van der Waals surface area (Å²) in [5, 5.41) is 13.8. The second-order valence-corrected chi connectivity index (χ2v) is 6.33. The number of aliphatic carboxylic acids is 1.